The Morgan fingerprint density at radius 1 is 1.30 bits per heavy atom. The lowest BCUT2D eigenvalue weighted by molar-refractivity contribution is -0.117. The topological polar surface area (TPSA) is 91.3 Å². The first kappa shape index (κ1) is 20.2. The number of halogens is 1. The fraction of sp³-hybridized carbons (Fsp3) is 0.476. The van der Waals surface area contributed by atoms with Gasteiger partial charge in [0, 0.05) is 6.20 Å². The Morgan fingerprint density at radius 2 is 2.03 bits per heavy atom. The number of hydrogen-bond acceptors (Lipinski definition) is 5. The van der Waals surface area contributed by atoms with Crippen molar-refractivity contribution in [1.82, 2.24) is 19.9 Å². The van der Waals surface area contributed by atoms with E-state index in [0.717, 1.165) is 31.7 Å². The van der Waals surface area contributed by atoms with Crippen molar-refractivity contribution in [2.24, 2.45) is 5.92 Å². The SMILES string of the molecule is CC[C@H](C)[C@H]1CN(c2ncc(F)cn2)C(=O)N1CC(=O)Nc1cc(C2CC2)ccn1. The first-order valence-electron chi connectivity index (χ1n) is 10.3. The second-order valence-corrected chi connectivity index (χ2v) is 7.97. The van der Waals surface area contributed by atoms with E-state index in [9.17, 15) is 14.0 Å². The van der Waals surface area contributed by atoms with Crippen molar-refractivity contribution in [3.63, 3.8) is 0 Å². The van der Waals surface area contributed by atoms with Gasteiger partial charge in [0.15, 0.2) is 5.82 Å². The molecule has 1 N–H and O–H groups in total. The minimum Gasteiger partial charge on any atom is -0.310 e. The van der Waals surface area contributed by atoms with Crippen LogP contribution < -0.4 is 10.2 Å². The summed E-state index contributed by atoms with van der Waals surface area (Å²) in [4.78, 5) is 40.8. The monoisotopic (exact) mass is 412 g/mol. The van der Waals surface area contributed by atoms with Crippen LogP contribution in [0.25, 0.3) is 0 Å². The summed E-state index contributed by atoms with van der Waals surface area (Å²) < 4.78 is 13.2. The van der Waals surface area contributed by atoms with E-state index in [4.69, 9.17) is 0 Å². The summed E-state index contributed by atoms with van der Waals surface area (Å²) in [6.07, 6.45) is 6.93. The lowest BCUT2D eigenvalue weighted by Crippen LogP contribution is -2.43. The second-order valence-electron chi connectivity index (χ2n) is 7.97. The van der Waals surface area contributed by atoms with E-state index in [1.54, 1.807) is 11.1 Å². The predicted octanol–water partition coefficient (Wildman–Crippen LogP) is 3.18. The summed E-state index contributed by atoms with van der Waals surface area (Å²) in [6.45, 7) is 4.33. The molecular formula is C21H25FN6O2. The molecule has 0 aromatic carbocycles. The van der Waals surface area contributed by atoms with E-state index in [1.165, 1.54) is 10.5 Å². The lowest BCUT2D eigenvalue weighted by Gasteiger charge is -2.26. The van der Waals surface area contributed by atoms with Crippen LogP contribution in [0.4, 0.5) is 21.0 Å². The highest BCUT2D eigenvalue weighted by atomic mass is 19.1. The Kier molecular flexibility index (Phi) is 5.61. The summed E-state index contributed by atoms with van der Waals surface area (Å²) in [5, 5.41) is 2.81. The maximum absolute atomic E-state index is 13.2. The van der Waals surface area contributed by atoms with E-state index in [1.807, 2.05) is 26.0 Å². The minimum absolute atomic E-state index is 0.0964. The minimum atomic E-state index is -0.568. The van der Waals surface area contributed by atoms with Gasteiger partial charge in [-0.2, -0.15) is 0 Å². The van der Waals surface area contributed by atoms with Crippen molar-refractivity contribution in [3.05, 3.63) is 42.1 Å². The molecule has 0 bridgehead atoms. The highest BCUT2D eigenvalue weighted by Gasteiger charge is 2.42. The molecule has 0 radical (unpaired) electrons. The number of pyridine rings is 1. The molecule has 2 aromatic heterocycles. The molecule has 3 heterocycles. The molecule has 9 heteroatoms. The summed E-state index contributed by atoms with van der Waals surface area (Å²) >= 11 is 0. The lowest BCUT2D eigenvalue weighted by atomic mass is 9.99. The highest BCUT2D eigenvalue weighted by molar-refractivity contribution is 5.98. The second kappa shape index (κ2) is 8.33. The van der Waals surface area contributed by atoms with Crippen LogP contribution in [-0.2, 0) is 4.79 Å². The van der Waals surface area contributed by atoms with E-state index in [2.05, 4.69) is 20.3 Å². The summed E-state index contributed by atoms with van der Waals surface area (Å²) in [6, 6.07) is 3.33. The largest absolute Gasteiger partial charge is 0.327 e. The first-order chi connectivity index (χ1) is 14.5. The first-order valence-corrected chi connectivity index (χ1v) is 10.3. The average Bonchev–Trinajstić information content (AvgIpc) is 3.54. The van der Waals surface area contributed by atoms with Gasteiger partial charge >= 0.3 is 6.03 Å². The number of amides is 3. The van der Waals surface area contributed by atoms with Gasteiger partial charge in [0.2, 0.25) is 11.9 Å². The maximum atomic E-state index is 13.2. The quantitative estimate of drug-likeness (QED) is 0.754. The van der Waals surface area contributed by atoms with Gasteiger partial charge in [-0.05, 0) is 42.4 Å². The van der Waals surface area contributed by atoms with Crippen molar-refractivity contribution in [1.29, 1.82) is 0 Å². The number of aromatic nitrogens is 3. The molecule has 4 rings (SSSR count). The zero-order valence-corrected chi connectivity index (χ0v) is 17.1. The van der Waals surface area contributed by atoms with Gasteiger partial charge in [-0.1, -0.05) is 20.3 Å². The fourth-order valence-electron chi connectivity index (χ4n) is 3.74. The third kappa shape index (κ3) is 4.24. The number of rotatable bonds is 7. The molecule has 2 aliphatic rings. The van der Waals surface area contributed by atoms with Crippen LogP contribution in [0, 0.1) is 11.7 Å². The molecule has 1 aliphatic carbocycles. The molecule has 0 spiro atoms. The van der Waals surface area contributed by atoms with Crippen LogP contribution in [0.15, 0.2) is 30.7 Å². The van der Waals surface area contributed by atoms with Crippen molar-refractivity contribution in [2.75, 3.05) is 23.3 Å². The maximum Gasteiger partial charge on any atom is 0.327 e. The molecule has 2 aromatic rings. The van der Waals surface area contributed by atoms with Crippen LogP contribution in [0.3, 0.4) is 0 Å². The summed E-state index contributed by atoms with van der Waals surface area (Å²) in [5.74, 6) is 0.484. The standard InChI is InChI=1S/C21H25FN6O2/c1-3-13(2)17-11-28(20-24-9-16(22)10-25-20)21(30)27(17)12-19(29)26-18-8-15(6-7-23-18)14-4-5-14/h6-10,13-14,17H,3-5,11-12H2,1-2H3,(H,23,26,29)/t13-,17+/m0/s1. The molecule has 3 amide bonds. The van der Waals surface area contributed by atoms with Gasteiger partial charge in [-0.25, -0.2) is 24.1 Å². The van der Waals surface area contributed by atoms with Gasteiger partial charge in [0.25, 0.3) is 0 Å². The zero-order valence-electron chi connectivity index (χ0n) is 17.1. The summed E-state index contributed by atoms with van der Waals surface area (Å²) in [5.41, 5.74) is 1.18. The van der Waals surface area contributed by atoms with Gasteiger partial charge in [-0.3, -0.25) is 9.69 Å². The van der Waals surface area contributed by atoms with Crippen molar-refractivity contribution in [2.45, 2.75) is 45.1 Å². The van der Waals surface area contributed by atoms with E-state index < -0.39 is 5.82 Å². The van der Waals surface area contributed by atoms with Crippen molar-refractivity contribution in [3.8, 4) is 0 Å². The Bertz CT molecular complexity index is 933. The van der Waals surface area contributed by atoms with E-state index >= 15 is 0 Å². The van der Waals surface area contributed by atoms with Gasteiger partial charge < -0.3 is 10.2 Å². The third-order valence-corrected chi connectivity index (χ3v) is 5.81. The van der Waals surface area contributed by atoms with Gasteiger partial charge in [0.05, 0.1) is 25.0 Å². The smallest absolute Gasteiger partial charge is 0.310 e. The number of urea groups is 1. The molecule has 8 nitrogen and oxygen atoms in total. The van der Waals surface area contributed by atoms with Crippen molar-refractivity contribution < 1.29 is 14.0 Å². The molecule has 2 fully saturated rings. The normalized spacial score (nSPS) is 19.8. The molecule has 1 saturated heterocycles. The number of nitrogens with zero attached hydrogens (tertiary/aromatic N) is 5. The Balaban J connectivity index is 1.48. The Morgan fingerprint density at radius 3 is 2.70 bits per heavy atom. The average molecular weight is 412 g/mol. The highest BCUT2D eigenvalue weighted by Crippen LogP contribution is 2.40. The van der Waals surface area contributed by atoms with E-state index in [0.29, 0.717) is 18.3 Å². The summed E-state index contributed by atoms with van der Waals surface area (Å²) in [7, 11) is 0. The molecular weight excluding hydrogens is 387 g/mol. The number of nitrogens with one attached hydrogen (secondary N) is 1. The molecule has 30 heavy (non-hydrogen) atoms. The molecule has 2 atom stereocenters. The van der Waals surface area contributed by atoms with Crippen LogP contribution in [0.2, 0.25) is 0 Å². The molecule has 0 unspecified atom stereocenters. The van der Waals surface area contributed by atoms with Gasteiger partial charge in [-0.15, -0.1) is 0 Å². The predicted molar refractivity (Wildman–Crippen MR) is 110 cm³/mol. The number of carbonyl (C=O) groups is 2. The third-order valence-electron chi connectivity index (χ3n) is 5.81. The number of carbonyl (C=O) groups excluding carboxylic acids is 2. The van der Waals surface area contributed by atoms with E-state index in [-0.39, 0.29) is 36.4 Å². The Hall–Kier alpha value is -3.10. The number of hydrogen-bond donors (Lipinski definition) is 1. The van der Waals surface area contributed by atoms with Crippen molar-refractivity contribution >= 4 is 23.7 Å². The van der Waals surface area contributed by atoms with Crippen LogP contribution in [0.1, 0.15) is 44.6 Å². The molecule has 1 saturated carbocycles. The van der Waals surface area contributed by atoms with Crippen LogP contribution in [-0.4, -0.2) is 50.9 Å². The Labute approximate surface area is 174 Å². The number of anilines is 2. The van der Waals surface area contributed by atoms with Gasteiger partial charge in [0.1, 0.15) is 12.4 Å². The van der Waals surface area contributed by atoms with Crippen LogP contribution in [0.5, 0.6) is 0 Å². The van der Waals surface area contributed by atoms with Crippen LogP contribution >= 0.6 is 0 Å². The molecule has 1 aliphatic heterocycles. The zero-order chi connectivity index (χ0) is 21.3. The molecule has 158 valence electrons. The fourth-order valence-corrected chi connectivity index (χ4v) is 3.74.